The van der Waals surface area contributed by atoms with Crippen molar-refractivity contribution in [2.24, 2.45) is 5.14 Å². The minimum Gasteiger partial charge on any atom is -0.382 e. The predicted molar refractivity (Wildman–Crippen MR) is 74.6 cm³/mol. The summed E-state index contributed by atoms with van der Waals surface area (Å²) >= 11 is 0. The SMILES string of the molecule is CCOC1CC(Nc2cccc(S(N)(=O)=O)c2C)C1. The smallest absolute Gasteiger partial charge is 0.238 e. The van der Waals surface area contributed by atoms with Crippen LogP contribution in [0.1, 0.15) is 25.3 Å². The van der Waals surface area contributed by atoms with Crippen molar-refractivity contribution >= 4 is 15.7 Å². The molecule has 5 nitrogen and oxygen atoms in total. The standard InChI is InChI=1S/C13H20N2O3S/c1-3-18-11-7-10(8-11)15-12-5-4-6-13(9(12)2)19(14,16)17/h4-6,10-11,15H,3,7-8H2,1-2H3,(H2,14,16,17). The van der Waals surface area contributed by atoms with Gasteiger partial charge in [-0.2, -0.15) is 0 Å². The number of nitrogens with one attached hydrogen (secondary N) is 1. The van der Waals surface area contributed by atoms with Gasteiger partial charge in [0, 0.05) is 18.3 Å². The van der Waals surface area contributed by atoms with Crippen LogP contribution in [-0.4, -0.2) is 27.2 Å². The van der Waals surface area contributed by atoms with E-state index in [1.54, 1.807) is 13.0 Å². The van der Waals surface area contributed by atoms with Gasteiger partial charge < -0.3 is 10.1 Å². The Hall–Kier alpha value is -1.11. The number of primary sulfonamides is 1. The van der Waals surface area contributed by atoms with E-state index in [0.717, 1.165) is 25.1 Å². The molecule has 0 aromatic heterocycles. The van der Waals surface area contributed by atoms with Crippen molar-refractivity contribution in [3.8, 4) is 0 Å². The summed E-state index contributed by atoms with van der Waals surface area (Å²) in [5, 5.41) is 8.54. The quantitative estimate of drug-likeness (QED) is 0.861. The van der Waals surface area contributed by atoms with E-state index in [2.05, 4.69) is 5.32 Å². The molecule has 2 rings (SSSR count). The number of sulfonamides is 1. The fourth-order valence-corrected chi connectivity index (χ4v) is 3.16. The van der Waals surface area contributed by atoms with Crippen LogP contribution < -0.4 is 10.5 Å². The molecule has 0 heterocycles. The molecular formula is C13H20N2O3S. The molecule has 0 atom stereocenters. The van der Waals surface area contributed by atoms with Crippen LogP contribution >= 0.6 is 0 Å². The highest BCUT2D eigenvalue weighted by molar-refractivity contribution is 7.89. The van der Waals surface area contributed by atoms with Gasteiger partial charge in [0.25, 0.3) is 0 Å². The summed E-state index contributed by atoms with van der Waals surface area (Å²) in [6.07, 6.45) is 2.23. The maximum atomic E-state index is 11.4. The minimum absolute atomic E-state index is 0.179. The van der Waals surface area contributed by atoms with Gasteiger partial charge >= 0.3 is 0 Å². The molecule has 0 bridgehead atoms. The van der Waals surface area contributed by atoms with Gasteiger partial charge in [-0.1, -0.05) is 6.07 Å². The molecule has 1 fully saturated rings. The van der Waals surface area contributed by atoms with Crippen molar-refractivity contribution in [2.45, 2.75) is 43.7 Å². The zero-order valence-corrected chi connectivity index (χ0v) is 12.0. The molecule has 6 heteroatoms. The molecule has 1 saturated carbocycles. The Balaban J connectivity index is 2.07. The summed E-state index contributed by atoms with van der Waals surface area (Å²) in [6.45, 7) is 4.48. The number of benzene rings is 1. The first-order valence-electron chi connectivity index (χ1n) is 6.42. The maximum Gasteiger partial charge on any atom is 0.238 e. The first kappa shape index (κ1) is 14.3. The Morgan fingerprint density at radius 2 is 2.11 bits per heavy atom. The summed E-state index contributed by atoms with van der Waals surface area (Å²) in [4.78, 5) is 0.179. The summed E-state index contributed by atoms with van der Waals surface area (Å²) in [5.41, 5.74) is 1.50. The van der Waals surface area contributed by atoms with Crippen molar-refractivity contribution in [1.29, 1.82) is 0 Å². The number of nitrogens with two attached hydrogens (primary N) is 1. The molecule has 0 unspecified atom stereocenters. The van der Waals surface area contributed by atoms with Gasteiger partial charge in [0.15, 0.2) is 0 Å². The average Bonchev–Trinajstić information content (AvgIpc) is 2.27. The Bertz CT molecular complexity index is 551. The molecule has 0 aliphatic heterocycles. The van der Waals surface area contributed by atoms with E-state index in [9.17, 15) is 8.42 Å². The minimum atomic E-state index is -3.66. The second kappa shape index (κ2) is 5.48. The molecule has 3 N–H and O–H groups in total. The van der Waals surface area contributed by atoms with Crippen LogP contribution in [0.4, 0.5) is 5.69 Å². The average molecular weight is 284 g/mol. The Morgan fingerprint density at radius 3 is 2.68 bits per heavy atom. The fraction of sp³-hybridized carbons (Fsp3) is 0.538. The van der Waals surface area contributed by atoms with Gasteiger partial charge in [-0.15, -0.1) is 0 Å². The lowest BCUT2D eigenvalue weighted by Crippen LogP contribution is -2.41. The Kier molecular flexibility index (Phi) is 4.13. The molecule has 106 valence electrons. The Morgan fingerprint density at radius 1 is 1.42 bits per heavy atom. The molecular weight excluding hydrogens is 264 g/mol. The Labute approximate surface area is 114 Å². The number of ether oxygens (including phenoxy) is 1. The second-order valence-corrected chi connectivity index (χ2v) is 6.39. The van der Waals surface area contributed by atoms with Gasteiger partial charge in [0.1, 0.15) is 0 Å². The molecule has 0 radical (unpaired) electrons. The number of hydrogen-bond acceptors (Lipinski definition) is 4. The lowest BCUT2D eigenvalue weighted by atomic mass is 9.89. The van der Waals surface area contributed by atoms with Crippen LogP contribution in [0.15, 0.2) is 23.1 Å². The summed E-state index contributed by atoms with van der Waals surface area (Å²) in [6, 6.07) is 5.44. The van der Waals surface area contributed by atoms with Crippen LogP contribution in [0, 0.1) is 6.92 Å². The van der Waals surface area contributed by atoms with Gasteiger partial charge in [-0.25, -0.2) is 13.6 Å². The van der Waals surface area contributed by atoms with Crippen molar-refractivity contribution in [2.75, 3.05) is 11.9 Å². The largest absolute Gasteiger partial charge is 0.382 e. The third-order valence-electron chi connectivity index (χ3n) is 3.45. The zero-order chi connectivity index (χ0) is 14.0. The monoisotopic (exact) mass is 284 g/mol. The van der Waals surface area contributed by atoms with Crippen LogP contribution in [0.25, 0.3) is 0 Å². The molecule has 1 aliphatic rings. The summed E-state index contributed by atoms with van der Waals surface area (Å²) < 4.78 is 28.4. The second-order valence-electron chi connectivity index (χ2n) is 4.86. The molecule has 1 aromatic carbocycles. The molecule has 0 amide bonds. The maximum absolute atomic E-state index is 11.4. The third kappa shape index (κ3) is 3.26. The normalized spacial score (nSPS) is 22.9. The van der Waals surface area contributed by atoms with Gasteiger partial charge in [0.2, 0.25) is 10.0 Å². The van der Waals surface area contributed by atoms with E-state index in [1.807, 2.05) is 13.0 Å². The lowest BCUT2D eigenvalue weighted by Gasteiger charge is -2.36. The van der Waals surface area contributed by atoms with Gasteiger partial charge in [-0.05, 0) is 44.4 Å². The lowest BCUT2D eigenvalue weighted by molar-refractivity contribution is 0.00298. The highest BCUT2D eigenvalue weighted by Gasteiger charge is 2.29. The van der Waals surface area contributed by atoms with Crippen molar-refractivity contribution in [3.63, 3.8) is 0 Å². The number of rotatable bonds is 5. The van der Waals surface area contributed by atoms with E-state index in [4.69, 9.17) is 9.88 Å². The van der Waals surface area contributed by atoms with Crippen molar-refractivity contribution < 1.29 is 13.2 Å². The highest BCUT2D eigenvalue weighted by Crippen LogP contribution is 2.29. The van der Waals surface area contributed by atoms with E-state index < -0.39 is 10.0 Å². The first-order chi connectivity index (χ1) is 8.91. The van der Waals surface area contributed by atoms with E-state index in [1.165, 1.54) is 6.07 Å². The molecule has 0 saturated heterocycles. The van der Waals surface area contributed by atoms with Crippen LogP contribution in [0.3, 0.4) is 0 Å². The van der Waals surface area contributed by atoms with E-state index >= 15 is 0 Å². The topological polar surface area (TPSA) is 81.4 Å². The van der Waals surface area contributed by atoms with Gasteiger partial charge in [0.05, 0.1) is 11.0 Å². The zero-order valence-electron chi connectivity index (χ0n) is 11.2. The number of hydrogen-bond donors (Lipinski definition) is 2. The van der Waals surface area contributed by atoms with E-state index in [0.29, 0.717) is 17.7 Å². The van der Waals surface area contributed by atoms with Crippen molar-refractivity contribution in [3.05, 3.63) is 23.8 Å². The van der Waals surface area contributed by atoms with Crippen LogP contribution in [-0.2, 0) is 14.8 Å². The number of anilines is 1. The molecule has 1 aliphatic carbocycles. The van der Waals surface area contributed by atoms with Crippen LogP contribution in [0.5, 0.6) is 0 Å². The molecule has 1 aromatic rings. The fourth-order valence-electron chi connectivity index (χ4n) is 2.35. The van der Waals surface area contributed by atoms with Gasteiger partial charge in [-0.3, -0.25) is 0 Å². The third-order valence-corrected chi connectivity index (χ3v) is 4.50. The first-order valence-corrected chi connectivity index (χ1v) is 7.97. The molecule has 19 heavy (non-hydrogen) atoms. The van der Waals surface area contributed by atoms with Crippen molar-refractivity contribution in [1.82, 2.24) is 0 Å². The summed E-state index contributed by atoms with van der Waals surface area (Å²) in [7, 11) is -3.66. The predicted octanol–water partition coefficient (Wildman–Crippen LogP) is 1.62. The highest BCUT2D eigenvalue weighted by atomic mass is 32.2. The van der Waals surface area contributed by atoms with E-state index in [-0.39, 0.29) is 4.90 Å². The molecule has 0 spiro atoms. The summed E-state index contributed by atoms with van der Waals surface area (Å²) in [5.74, 6) is 0. The van der Waals surface area contributed by atoms with Crippen LogP contribution in [0.2, 0.25) is 0 Å².